The lowest BCUT2D eigenvalue weighted by Gasteiger charge is -2.27. The van der Waals surface area contributed by atoms with Gasteiger partial charge in [0.1, 0.15) is 6.04 Å². The molecule has 0 saturated carbocycles. The number of nitrogens with one attached hydrogen (secondary N) is 2. The van der Waals surface area contributed by atoms with Crippen LogP contribution in [0.15, 0.2) is 35.0 Å². The van der Waals surface area contributed by atoms with Gasteiger partial charge >= 0.3 is 5.91 Å². The van der Waals surface area contributed by atoms with Crippen molar-refractivity contribution in [2.24, 2.45) is 17.8 Å². The molecule has 8 nitrogen and oxygen atoms in total. The number of likely N-dealkylation sites (tertiary alicyclic amines) is 1. The van der Waals surface area contributed by atoms with E-state index in [2.05, 4.69) is 10.9 Å². The van der Waals surface area contributed by atoms with E-state index in [-0.39, 0.29) is 23.5 Å². The van der Waals surface area contributed by atoms with Crippen molar-refractivity contribution in [3.05, 3.63) is 36.3 Å². The molecule has 2 aliphatic rings. The molecule has 3 atom stereocenters. The number of hydrogen-bond acceptors (Lipinski definition) is 5. The fourth-order valence-corrected chi connectivity index (χ4v) is 3.58. The van der Waals surface area contributed by atoms with Crippen molar-refractivity contribution in [2.75, 3.05) is 0 Å². The smallest absolute Gasteiger partial charge is 0.305 e. The first-order valence-electron chi connectivity index (χ1n) is 9.05. The van der Waals surface area contributed by atoms with Crippen LogP contribution in [-0.4, -0.2) is 34.6 Å². The van der Waals surface area contributed by atoms with Gasteiger partial charge in [-0.2, -0.15) is 0 Å². The van der Waals surface area contributed by atoms with Crippen LogP contribution >= 0.6 is 0 Å². The van der Waals surface area contributed by atoms with E-state index in [1.54, 1.807) is 6.07 Å². The molecule has 4 amide bonds. The Bertz CT molecular complexity index is 742. The van der Waals surface area contributed by atoms with Gasteiger partial charge in [-0.15, -0.1) is 0 Å². The minimum atomic E-state index is -0.965. The number of allylic oxidation sites excluding steroid dienone is 2. The van der Waals surface area contributed by atoms with E-state index in [9.17, 15) is 19.2 Å². The molecule has 1 saturated heterocycles. The predicted molar refractivity (Wildman–Crippen MR) is 94.8 cm³/mol. The van der Waals surface area contributed by atoms with Crippen molar-refractivity contribution < 1.29 is 23.6 Å². The van der Waals surface area contributed by atoms with Gasteiger partial charge < -0.3 is 4.42 Å². The largest absolute Gasteiger partial charge is 0.459 e. The summed E-state index contributed by atoms with van der Waals surface area (Å²) in [5.41, 5.74) is 4.58. The molecule has 1 aromatic heterocycles. The maximum Gasteiger partial charge on any atom is 0.305 e. The molecule has 1 aliphatic carbocycles. The standard InChI is InChI=1S/C19H23N3O5/c1-11(2)10-14(16(23)20-21-17(24)15-8-5-9-27-15)22-18(25)12-6-3-4-7-13(12)19(22)26/h3-5,8-9,11-14H,6-7,10H2,1-2H3,(H,20,23)(H,21,24)/t12-,13+,14-/m1/s1. The SMILES string of the molecule is CC(C)C[C@H](C(=O)NNC(=O)c1ccco1)N1C(=O)[C@H]2CC=CC[C@H]2C1=O. The van der Waals surface area contributed by atoms with Crippen LogP contribution in [-0.2, 0) is 14.4 Å². The molecule has 0 bridgehead atoms. The molecule has 3 rings (SSSR count). The molecule has 0 spiro atoms. The van der Waals surface area contributed by atoms with Crippen molar-refractivity contribution >= 4 is 23.6 Å². The summed E-state index contributed by atoms with van der Waals surface area (Å²) in [5.74, 6) is -2.53. The molecule has 1 aromatic rings. The Labute approximate surface area is 156 Å². The molecule has 27 heavy (non-hydrogen) atoms. The normalized spacial score (nSPS) is 22.7. The molecule has 0 radical (unpaired) electrons. The van der Waals surface area contributed by atoms with Crippen molar-refractivity contribution in [1.29, 1.82) is 0 Å². The summed E-state index contributed by atoms with van der Waals surface area (Å²) < 4.78 is 4.96. The fourth-order valence-electron chi connectivity index (χ4n) is 3.58. The fraction of sp³-hybridized carbons (Fsp3) is 0.474. The number of nitrogens with zero attached hydrogens (tertiary/aromatic N) is 1. The summed E-state index contributed by atoms with van der Waals surface area (Å²) in [4.78, 5) is 51.3. The summed E-state index contributed by atoms with van der Waals surface area (Å²) in [6, 6.07) is 2.04. The number of hydrazine groups is 1. The van der Waals surface area contributed by atoms with Crippen LogP contribution in [0.4, 0.5) is 0 Å². The van der Waals surface area contributed by atoms with E-state index in [0.717, 1.165) is 4.90 Å². The molecule has 2 heterocycles. The maximum atomic E-state index is 12.8. The average molecular weight is 373 g/mol. The molecular formula is C19H23N3O5. The first kappa shape index (κ1) is 18.9. The number of rotatable bonds is 5. The van der Waals surface area contributed by atoms with E-state index in [1.807, 2.05) is 26.0 Å². The molecule has 2 N–H and O–H groups in total. The summed E-state index contributed by atoms with van der Waals surface area (Å²) >= 11 is 0. The van der Waals surface area contributed by atoms with E-state index in [1.165, 1.54) is 12.3 Å². The maximum absolute atomic E-state index is 12.8. The number of amides is 4. The second-order valence-corrected chi connectivity index (χ2v) is 7.27. The van der Waals surface area contributed by atoms with Gasteiger partial charge in [0.05, 0.1) is 18.1 Å². The molecular weight excluding hydrogens is 350 g/mol. The van der Waals surface area contributed by atoms with Crippen LogP contribution in [0.1, 0.15) is 43.7 Å². The van der Waals surface area contributed by atoms with Gasteiger partial charge in [0.15, 0.2) is 5.76 Å². The zero-order valence-electron chi connectivity index (χ0n) is 15.3. The van der Waals surface area contributed by atoms with Crippen molar-refractivity contribution in [2.45, 2.75) is 39.2 Å². The van der Waals surface area contributed by atoms with E-state index in [0.29, 0.717) is 19.3 Å². The van der Waals surface area contributed by atoms with Gasteiger partial charge in [-0.1, -0.05) is 26.0 Å². The highest BCUT2D eigenvalue weighted by atomic mass is 16.3. The first-order valence-corrected chi connectivity index (χ1v) is 9.05. The molecule has 1 fully saturated rings. The van der Waals surface area contributed by atoms with Gasteiger partial charge in [0.25, 0.3) is 5.91 Å². The van der Waals surface area contributed by atoms with Gasteiger partial charge in [-0.05, 0) is 37.3 Å². The van der Waals surface area contributed by atoms with Crippen LogP contribution in [0.3, 0.4) is 0 Å². The van der Waals surface area contributed by atoms with E-state index >= 15 is 0 Å². The van der Waals surface area contributed by atoms with Gasteiger partial charge in [-0.25, -0.2) is 0 Å². The lowest BCUT2D eigenvalue weighted by Crippen LogP contribution is -2.54. The van der Waals surface area contributed by atoms with E-state index in [4.69, 9.17) is 4.42 Å². The summed E-state index contributed by atoms with van der Waals surface area (Å²) in [7, 11) is 0. The van der Waals surface area contributed by atoms with E-state index < -0.39 is 29.7 Å². The topological polar surface area (TPSA) is 109 Å². The third-order valence-corrected chi connectivity index (χ3v) is 4.89. The number of hydrogen-bond donors (Lipinski definition) is 2. The Morgan fingerprint density at radius 3 is 2.30 bits per heavy atom. The Kier molecular flexibility index (Phi) is 5.43. The Morgan fingerprint density at radius 2 is 1.78 bits per heavy atom. The Morgan fingerprint density at radius 1 is 1.15 bits per heavy atom. The minimum absolute atomic E-state index is 0.0427. The van der Waals surface area contributed by atoms with Crippen LogP contribution < -0.4 is 10.9 Å². The van der Waals surface area contributed by atoms with Gasteiger partial charge in [0.2, 0.25) is 11.8 Å². The van der Waals surface area contributed by atoms with Crippen LogP contribution in [0.2, 0.25) is 0 Å². The van der Waals surface area contributed by atoms with Gasteiger partial charge in [0, 0.05) is 0 Å². The number of fused-ring (bicyclic) bond motifs is 1. The summed E-state index contributed by atoms with van der Waals surface area (Å²) in [6.45, 7) is 3.81. The highest BCUT2D eigenvalue weighted by molar-refractivity contribution is 6.08. The number of carbonyl (C=O) groups is 4. The zero-order chi connectivity index (χ0) is 19.6. The first-order chi connectivity index (χ1) is 12.9. The average Bonchev–Trinajstić information content (AvgIpc) is 3.26. The number of imide groups is 1. The van der Waals surface area contributed by atoms with Crippen LogP contribution in [0, 0.1) is 17.8 Å². The summed E-state index contributed by atoms with van der Waals surface area (Å²) in [6.07, 6.45) is 6.48. The third-order valence-electron chi connectivity index (χ3n) is 4.89. The second kappa shape index (κ2) is 7.77. The minimum Gasteiger partial charge on any atom is -0.459 e. The molecule has 1 aliphatic heterocycles. The highest BCUT2D eigenvalue weighted by Gasteiger charge is 2.51. The predicted octanol–water partition coefficient (Wildman–Crippen LogP) is 1.41. The third kappa shape index (κ3) is 3.79. The lowest BCUT2D eigenvalue weighted by atomic mass is 9.85. The molecule has 144 valence electrons. The number of carbonyl (C=O) groups excluding carboxylic acids is 4. The van der Waals surface area contributed by atoms with Crippen molar-refractivity contribution in [3.63, 3.8) is 0 Å². The molecule has 8 heteroatoms. The highest BCUT2D eigenvalue weighted by Crippen LogP contribution is 2.37. The Hall–Kier alpha value is -2.90. The number of furan rings is 1. The lowest BCUT2D eigenvalue weighted by molar-refractivity contribution is -0.148. The molecule has 0 aromatic carbocycles. The molecule has 0 unspecified atom stereocenters. The Balaban J connectivity index is 1.73. The monoisotopic (exact) mass is 373 g/mol. The zero-order valence-corrected chi connectivity index (χ0v) is 15.3. The second-order valence-electron chi connectivity index (χ2n) is 7.27. The van der Waals surface area contributed by atoms with Crippen LogP contribution in [0.5, 0.6) is 0 Å². The van der Waals surface area contributed by atoms with Crippen LogP contribution in [0.25, 0.3) is 0 Å². The van der Waals surface area contributed by atoms with Crippen molar-refractivity contribution in [1.82, 2.24) is 15.8 Å². The van der Waals surface area contributed by atoms with Crippen molar-refractivity contribution in [3.8, 4) is 0 Å². The van der Waals surface area contributed by atoms with Gasteiger partial charge in [-0.3, -0.25) is 34.9 Å². The quantitative estimate of drug-likeness (QED) is 0.461. The summed E-state index contributed by atoms with van der Waals surface area (Å²) in [5, 5.41) is 0.